The second-order valence-corrected chi connectivity index (χ2v) is 4.70. The summed E-state index contributed by atoms with van der Waals surface area (Å²) in [5.74, 6) is 1.21. The molecular formula is C12H16ClN3O2. The Morgan fingerprint density at radius 1 is 1.39 bits per heavy atom. The quantitative estimate of drug-likeness (QED) is 0.619. The van der Waals surface area contributed by atoms with E-state index in [0.29, 0.717) is 23.3 Å². The molecule has 2 rings (SSSR count). The maximum absolute atomic E-state index is 11.1. The van der Waals surface area contributed by atoms with E-state index >= 15 is 0 Å². The average Bonchev–Trinajstić information content (AvgIpc) is 2.38. The molecule has 6 heteroatoms. The van der Waals surface area contributed by atoms with Gasteiger partial charge in [-0.25, -0.2) is 9.97 Å². The largest absolute Gasteiger partial charge is 0.381 e. The Hall–Kier alpha value is -1.20. The fourth-order valence-electron chi connectivity index (χ4n) is 2.18. The fraction of sp³-hybridized carbons (Fsp3) is 0.583. The molecule has 0 saturated carbocycles. The van der Waals surface area contributed by atoms with Crippen LogP contribution in [0.4, 0.5) is 5.82 Å². The summed E-state index contributed by atoms with van der Waals surface area (Å²) in [4.78, 5) is 21.5. The molecule has 0 bridgehead atoms. The van der Waals surface area contributed by atoms with Crippen molar-refractivity contribution in [1.29, 1.82) is 0 Å². The standard InChI is InChI=1S/C12H16ClN3O2/c1-8-14-11(13)10(7-17)12(15-8)16-5-3-9(18-2)4-6-16/h7,9H,3-6H2,1-2H3. The van der Waals surface area contributed by atoms with E-state index in [2.05, 4.69) is 14.9 Å². The van der Waals surface area contributed by atoms with Crippen molar-refractivity contribution in [3.63, 3.8) is 0 Å². The predicted octanol–water partition coefficient (Wildman–Crippen LogP) is 1.87. The van der Waals surface area contributed by atoms with Crippen molar-refractivity contribution >= 4 is 23.7 Å². The summed E-state index contributed by atoms with van der Waals surface area (Å²) in [6.07, 6.45) is 2.86. The molecule has 1 aliphatic heterocycles. The first-order chi connectivity index (χ1) is 8.65. The number of aldehydes is 1. The molecule has 0 atom stereocenters. The van der Waals surface area contributed by atoms with Gasteiger partial charge < -0.3 is 9.64 Å². The zero-order valence-electron chi connectivity index (χ0n) is 10.5. The van der Waals surface area contributed by atoms with Gasteiger partial charge in [0.2, 0.25) is 0 Å². The molecule has 1 aromatic heterocycles. The Balaban J connectivity index is 2.25. The number of aromatic nitrogens is 2. The Bertz CT molecular complexity index is 445. The summed E-state index contributed by atoms with van der Waals surface area (Å²) >= 11 is 5.98. The van der Waals surface area contributed by atoms with Gasteiger partial charge in [0.05, 0.1) is 11.7 Å². The lowest BCUT2D eigenvalue weighted by molar-refractivity contribution is 0.0817. The van der Waals surface area contributed by atoms with Gasteiger partial charge in [0.1, 0.15) is 16.8 Å². The molecule has 0 amide bonds. The number of carbonyl (C=O) groups excluding carboxylic acids is 1. The first-order valence-electron chi connectivity index (χ1n) is 5.92. The van der Waals surface area contributed by atoms with E-state index in [9.17, 15) is 4.79 Å². The van der Waals surface area contributed by atoms with Crippen LogP contribution in [0.25, 0.3) is 0 Å². The van der Waals surface area contributed by atoms with E-state index in [1.165, 1.54) is 0 Å². The third kappa shape index (κ3) is 2.62. The van der Waals surface area contributed by atoms with Crippen molar-refractivity contribution in [2.75, 3.05) is 25.1 Å². The van der Waals surface area contributed by atoms with Crippen LogP contribution in [0, 0.1) is 6.92 Å². The van der Waals surface area contributed by atoms with Crippen LogP contribution >= 0.6 is 11.6 Å². The normalized spacial score (nSPS) is 16.9. The van der Waals surface area contributed by atoms with Crippen molar-refractivity contribution in [3.05, 3.63) is 16.5 Å². The smallest absolute Gasteiger partial charge is 0.156 e. The molecule has 5 nitrogen and oxygen atoms in total. The number of nitrogens with zero attached hydrogens (tertiary/aromatic N) is 3. The molecule has 0 unspecified atom stereocenters. The first kappa shape index (κ1) is 13.2. The summed E-state index contributed by atoms with van der Waals surface area (Å²) in [5, 5.41) is 0.223. The minimum atomic E-state index is 0.223. The number of aryl methyl sites for hydroxylation is 1. The first-order valence-corrected chi connectivity index (χ1v) is 6.30. The van der Waals surface area contributed by atoms with Crippen LogP contribution in [0.1, 0.15) is 29.0 Å². The molecule has 18 heavy (non-hydrogen) atoms. The number of piperidine rings is 1. The van der Waals surface area contributed by atoms with E-state index in [4.69, 9.17) is 16.3 Å². The van der Waals surface area contributed by atoms with Crippen molar-refractivity contribution in [1.82, 2.24) is 9.97 Å². The molecule has 98 valence electrons. The van der Waals surface area contributed by atoms with Gasteiger partial charge in [-0.2, -0.15) is 0 Å². The molecule has 0 N–H and O–H groups in total. The minimum absolute atomic E-state index is 0.223. The molecule has 0 aromatic carbocycles. The van der Waals surface area contributed by atoms with Crippen LogP contribution < -0.4 is 4.90 Å². The molecule has 1 fully saturated rings. The van der Waals surface area contributed by atoms with Gasteiger partial charge >= 0.3 is 0 Å². The van der Waals surface area contributed by atoms with Gasteiger partial charge in [0.25, 0.3) is 0 Å². The zero-order valence-corrected chi connectivity index (χ0v) is 11.3. The lowest BCUT2D eigenvalue weighted by Crippen LogP contribution is -2.37. The van der Waals surface area contributed by atoms with Crippen LogP contribution in [-0.4, -0.2) is 42.6 Å². The molecule has 0 radical (unpaired) electrons. The molecule has 1 aromatic rings. The number of anilines is 1. The van der Waals surface area contributed by atoms with Gasteiger partial charge in [0, 0.05) is 20.2 Å². The van der Waals surface area contributed by atoms with Crippen molar-refractivity contribution in [3.8, 4) is 0 Å². The maximum atomic E-state index is 11.1. The summed E-state index contributed by atoms with van der Waals surface area (Å²) in [7, 11) is 1.73. The second-order valence-electron chi connectivity index (χ2n) is 4.34. The van der Waals surface area contributed by atoms with Crippen LogP contribution in [-0.2, 0) is 4.74 Å². The average molecular weight is 270 g/mol. The number of carbonyl (C=O) groups is 1. The second kappa shape index (κ2) is 5.63. The highest BCUT2D eigenvalue weighted by Crippen LogP contribution is 2.26. The van der Waals surface area contributed by atoms with Crippen LogP contribution in [0.5, 0.6) is 0 Å². The summed E-state index contributed by atoms with van der Waals surface area (Å²) < 4.78 is 5.32. The summed E-state index contributed by atoms with van der Waals surface area (Å²) in [6, 6.07) is 0. The lowest BCUT2D eigenvalue weighted by atomic mass is 10.1. The number of methoxy groups -OCH3 is 1. The van der Waals surface area contributed by atoms with Crippen LogP contribution in [0.3, 0.4) is 0 Å². The zero-order chi connectivity index (χ0) is 13.1. The topological polar surface area (TPSA) is 55.3 Å². The number of ether oxygens (including phenoxy) is 1. The van der Waals surface area contributed by atoms with Gasteiger partial charge in [-0.05, 0) is 19.8 Å². The molecular weight excluding hydrogens is 254 g/mol. The number of hydrogen-bond acceptors (Lipinski definition) is 5. The van der Waals surface area contributed by atoms with E-state index in [1.54, 1.807) is 14.0 Å². The highest BCUT2D eigenvalue weighted by molar-refractivity contribution is 6.32. The van der Waals surface area contributed by atoms with Crippen LogP contribution in [0.15, 0.2) is 0 Å². The predicted molar refractivity (Wildman–Crippen MR) is 69.4 cm³/mol. The van der Waals surface area contributed by atoms with E-state index < -0.39 is 0 Å². The molecule has 1 aliphatic rings. The Labute approximate surface area is 111 Å². The third-order valence-corrected chi connectivity index (χ3v) is 3.47. The monoisotopic (exact) mass is 269 g/mol. The van der Waals surface area contributed by atoms with Crippen molar-refractivity contribution in [2.45, 2.75) is 25.9 Å². The number of hydrogen-bond donors (Lipinski definition) is 0. The lowest BCUT2D eigenvalue weighted by Gasteiger charge is -2.32. The van der Waals surface area contributed by atoms with E-state index in [1.807, 2.05) is 0 Å². The number of rotatable bonds is 3. The van der Waals surface area contributed by atoms with Crippen molar-refractivity contribution in [2.24, 2.45) is 0 Å². The maximum Gasteiger partial charge on any atom is 0.156 e. The summed E-state index contributed by atoms with van der Waals surface area (Å²) in [5.41, 5.74) is 0.373. The fourth-order valence-corrected chi connectivity index (χ4v) is 2.43. The Morgan fingerprint density at radius 2 is 2.06 bits per heavy atom. The summed E-state index contributed by atoms with van der Waals surface area (Å²) in [6.45, 7) is 3.39. The SMILES string of the molecule is COC1CCN(c2nc(C)nc(Cl)c2C=O)CC1. The van der Waals surface area contributed by atoms with Crippen LogP contribution in [0.2, 0.25) is 5.15 Å². The third-order valence-electron chi connectivity index (χ3n) is 3.18. The minimum Gasteiger partial charge on any atom is -0.381 e. The highest BCUT2D eigenvalue weighted by Gasteiger charge is 2.23. The van der Waals surface area contributed by atoms with Gasteiger partial charge in [-0.15, -0.1) is 0 Å². The van der Waals surface area contributed by atoms with E-state index in [-0.39, 0.29) is 5.15 Å². The molecule has 2 heterocycles. The van der Waals surface area contributed by atoms with Gasteiger partial charge in [0.15, 0.2) is 6.29 Å². The molecule has 0 aliphatic carbocycles. The Kier molecular flexibility index (Phi) is 4.14. The van der Waals surface area contributed by atoms with Gasteiger partial charge in [-0.1, -0.05) is 11.6 Å². The molecule has 0 spiro atoms. The van der Waals surface area contributed by atoms with E-state index in [0.717, 1.165) is 32.2 Å². The molecule has 1 saturated heterocycles. The highest BCUT2D eigenvalue weighted by atomic mass is 35.5. The number of halogens is 1. The Morgan fingerprint density at radius 3 is 2.61 bits per heavy atom. The van der Waals surface area contributed by atoms with Crippen molar-refractivity contribution < 1.29 is 9.53 Å². The van der Waals surface area contributed by atoms with Gasteiger partial charge in [-0.3, -0.25) is 4.79 Å².